The van der Waals surface area contributed by atoms with E-state index in [1.54, 1.807) is 19.1 Å². The molecule has 1 N–H and O–H groups in total. The fraction of sp³-hybridized carbons (Fsp3) is 0.300. The van der Waals surface area contributed by atoms with Gasteiger partial charge in [0, 0.05) is 4.47 Å². The number of carbonyl (C=O) groups is 1. The van der Waals surface area contributed by atoms with E-state index in [2.05, 4.69) is 20.7 Å². The van der Waals surface area contributed by atoms with Crippen LogP contribution < -0.4 is 9.83 Å². The first kappa shape index (κ1) is 14.1. The molecule has 0 heterocycles. The summed E-state index contributed by atoms with van der Waals surface area (Å²) in [7, 11) is -3.83. The third-order valence-electron chi connectivity index (χ3n) is 2.11. The van der Waals surface area contributed by atoms with Crippen LogP contribution in [0.25, 0.3) is 0 Å². The number of halogens is 1. The first-order chi connectivity index (χ1) is 7.86. The van der Waals surface area contributed by atoms with Gasteiger partial charge in [0.15, 0.2) is 0 Å². The van der Waals surface area contributed by atoms with Gasteiger partial charge >= 0.3 is 0 Å². The van der Waals surface area contributed by atoms with Crippen molar-refractivity contribution in [1.29, 1.82) is 0 Å². The Morgan fingerprint density at radius 3 is 2.35 bits per heavy atom. The van der Waals surface area contributed by atoms with Gasteiger partial charge in [-0.05, 0) is 30.7 Å². The average Bonchev–Trinajstić information content (AvgIpc) is 2.26. The second-order valence-corrected chi connectivity index (χ2v) is 5.98. The lowest BCUT2D eigenvalue weighted by Gasteiger charge is -2.17. The Labute approximate surface area is 108 Å². The van der Waals surface area contributed by atoms with Crippen LogP contribution in [0.1, 0.15) is 13.3 Å². The number of carboxylic acids is 1. The van der Waals surface area contributed by atoms with E-state index >= 15 is 0 Å². The standard InChI is InChI=1S/C10H12BrNO4S/c1-2-9(10(13)14)12-17(15,16)8-5-3-7(11)4-6-8/h3-6,9,12H,2H2,1H3,(H,13,14)/p-1. The smallest absolute Gasteiger partial charge is 0.241 e. The Morgan fingerprint density at radius 2 is 1.94 bits per heavy atom. The molecule has 1 aromatic carbocycles. The highest BCUT2D eigenvalue weighted by molar-refractivity contribution is 9.10. The highest BCUT2D eigenvalue weighted by Crippen LogP contribution is 2.15. The van der Waals surface area contributed by atoms with Crippen LogP contribution in [0.5, 0.6) is 0 Å². The molecule has 0 fully saturated rings. The second kappa shape index (κ2) is 5.61. The van der Waals surface area contributed by atoms with E-state index < -0.39 is 22.0 Å². The van der Waals surface area contributed by atoms with Gasteiger partial charge in [-0.1, -0.05) is 22.9 Å². The lowest BCUT2D eigenvalue weighted by atomic mass is 10.2. The minimum absolute atomic E-state index is 0.0143. The molecule has 0 aliphatic heterocycles. The quantitative estimate of drug-likeness (QED) is 0.843. The average molecular weight is 321 g/mol. The van der Waals surface area contributed by atoms with E-state index in [1.165, 1.54) is 12.1 Å². The first-order valence-corrected chi connectivity index (χ1v) is 7.13. The monoisotopic (exact) mass is 320 g/mol. The van der Waals surface area contributed by atoms with Crippen LogP contribution in [0.3, 0.4) is 0 Å². The van der Waals surface area contributed by atoms with Crippen LogP contribution in [-0.4, -0.2) is 20.4 Å². The summed E-state index contributed by atoms with van der Waals surface area (Å²) >= 11 is 3.18. The molecule has 1 aromatic rings. The lowest BCUT2D eigenvalue weighted by Crippen LogP contribution is -2.47. The topological polar surface area (TPSA) is 86.3 Å². The highest BCUT2D eigenvalue weighted by atomic mass is 79.9. The molecule has 94 valence electrons. The summed E-state index contributed by atoms with van der Waals surface area (Å²) in [5, 5.41) is 10.6. The summed E-state index contributed by atoms with van der Waals surface area (Å²) in [5.41, 5.74) is 0. The zero-order valence-corrected chi connectivity index (χ0v) is 11.4. The molecule has 17 heavy (non-hydrogen) atoms. The molecule has 0 aromatic heterocycles. The molecule has 0 saturated carbocycles. The summed E-state index contributed by atoms with van der Waals surface area (Å²) in [6, 6.07) is 4.68. The third kappa shape index (κ3) is 3.79. The third-order valence-corrected chi connectivity index (χ3v) is 4.13. The molecule has 0 aliphatic carbocycles. The van der Waals surface area contributed by atoms with Crippen molar-refractivity contribution in [3.05, 3.63) is 28.7 Å². The van der Waals surface area contributed by atoms with Crippen molar-refractivity contribution in [2.45, 2.75) is 24.3 Å². The van der Waals surface area contributed by atoms with E-state index in [9.17, 15) is 18.3 Å². The molecular formula is C10H11BrNO4S-. The molecule has 1 unspecified atom stereocenters. The molecule has 0 radical (unpaired) electrons. The molecule has 0 aliphatic rings. The summed E-state index contributed by atoms with van der Waals surface area (Å²) in [6.45, 7) is 1.56. The molecule has 0 bridgehead atoms. The van der Waals surface area contributed by atoms with Crippen molar-refractivity contribution in [3.8, 4) is 0 Å². The van der Waals surface area contributed by atoms with E-state index in [-0.39, 0.29) is 11.3 Å². The van der Waals surface area contributed by atoms with E-state index in [1.807, 2.05) is 0 Å². The summed E-state index contributed by atoms with van der Waals surface area (Å²) in [4.78, 5) is 10.7. The van der Waals surface area contributed by atoms with Gasteiger partial charge in [0.25, 0.3) is 0 Å². The zero-order chi connectivity index (χ0) is 13.1. The first-order valence-electron chi connectivity index (χ1n) is 4.85. The van der Waals surface area contributed by atoms with Gasteiger partial charge in [0.1, 0.15) is 0 Å². The predicted molar refractivity (Wildman–Crippen MR) is 63.5 cm³/mol. The number of hydrogen-bond donors (Lipinski definition) is 1. The maximum absolute atomic E-state index is 11.8. The van der Waals surface area contributed by atoms with Crippen LogP contribution >= 0.6 is 15.9 Å². The van der Waals surface area contributed by atoms with Gasteiger partial charge in [0.2, 0.25) is 10.0 Å². The molecule has 0 spiro atoms. The van der Waals surface area contributed by atoms with E-state index in [4.69, 9.17) is 0 Å². The minimum Gasteiger partial charge on any atom is -0.548 e. The summed E-state index contributed by atoms with van der Waals surface area (Å²) < 4.78 is 26.4. The zero-order valence-electron chi connectivity index (χ0n) is 9.01. The number of carbonyl (C=O) groups excluding carboxylic acids is 1. The van der Waals surface area contributed by atoms with Crippen molar-refractivity contribution in [3.63, 3.8) is 0 Å². The van der Waals surface area contributed by atoms with Crippen molar-refractivity contribution in [1.82, 2.24) is 4.72 Å². The molecule has 0 saturated heterocycles. The Hall–Kier alpha value is -0.920. The van der Waals surface area contributed by atoms with Gasteiger partial charge in [-0.15, -0.1) is 0 Å². The maximum Gasteiger partial charge on any atom is 0.241 e. The van der Waals surface area contributed by atoms with Gasteiger partial charge in [0.05, 0.1) is 16.9 Å². The van der Waals surface area contributed by atoms with Crippen LogP contribution in [0.4, 0.5) is 0 Å². The predicted octanol–water partition coefficient (Wildman–Crippen LogP) is 0.256. The van der Waals surface area contributed by atoms with Crippen molar-refractivity contribution >= 4 is 31.9 Å². The molecular weight excluding hydrogens is 310 g/mol. The van der Waals surface area contributed by atoms with Gasteiger partial charge in [-0.25, -0.2) is 13.1 Å². The minimum atomic E-state index is -3.83. The fourth-order valence-electron chi connectivity index (χ4n) is 1.17. The van der Waals surface area contributed by atoms with Crippen molar-refractivity contribution in [2.24, 2.45) is 0 Å². The molecule has 7 heteroatoms. The Kier molecular flexibility index (Phi) is 4.67. The van der Waals surface area contributed by atoms with Crippen LogP contribution in [0.2, 0.25) is 0 Å². The van der Waals surface area contributed by atoms with Crippen molar-refractivity contribution in [2.75, 3.05) is 0 Å². The Morgan fingerprint density at radius 1 is 1.41 bits per heavy atom. The fourth-order valence-corrected chi connectivity index (χ4v) is 2.70. The number of aliphatic carboxylic acids is 1. The number of rotatable bonds is 5. The van der Waals surface area contributed by atoms with Gasteiger partial charge in [-0.3, -0.25) is 0 Å². The molecule has 0 amide bonds. The summed E-state index contributed by atoms with van der Waals surface area (Å²) in [5.74, 6) is -1.44. The number of nitrogens with one attached hydrogen (secondary N) is 1. The largest absolute Gasteiger partial charge is 0.548 e. The maximum atomic E-state index is 11.8. The second-order valence-electron chi connectivity index (χ2n) is 3.36. The highest BCUT2D eigenvalue weighted by Gasteiger charge is 2.19. The van der Waals surface area contributed by atoms with Crippen LogP contribution in [-0.2, 0) is 14.8 Å². The Bertz CT molecular complexity index is 498. The van der Waals surface area contributed by atoms with E-state index in [0.29, 0.717) is 0 Å². The van der Waals surface area contributed by atoms with Gasteiger partial charge < -0.3 is 9.90 Å². The molecule has 5 nitrogen and oxygen atoms in total. The normalized spacial score (nSPS) is 13.3. The number of carboxylic acid groups (broad SMARTS) is 1. The molecule has 1 rings (SSSR count). The lowest BCUT2D eigenvalue weighted by molar-refractivity contribution is -0.308. The Balaban J connectivity index is 2.96. The summed E-state index contributed by atoms with van der Waals surface area (Å²) in [6.07, 6.45) is 0.123. The van der Waals surface area contributed by atoms with Crippen LogP contribution in [0, 0.1) is 0 Å². The number of sulfonamides is 1. The van der Waals surface area contributed by atoms with Crippen molar-refractivity contribution < 1.29 is 18.3 Å². The number of hydrogen-bond acceptors (Lipinski definition) is 4. The number of benzene rings is 1. The SMILES string of the molecule is CCC(NS(=O)(=O)c1ccc(Br)cc1)C(=O)[O-]. The van der Waals surface area contributed by atoms with Gasteiger partial charge in [-0.2, -0.15) is 0 Å². The van der Waals surface area contributed by atoms with E-state index in [0.717, 1.165) is 4.47 Å². The molecule has 1 atom stereocenters. The van der Waals surface area contributed by atoms with Crippen LogP contribution in [0.15, 0.2) is 33.6 Å².